The average Bonchev–Trinajstić information content (AvgIpc) is 2.33. The molecule has 0 fully saturated rings. The number of hydrogen-bond acceptors (Lipinski definition) is 4. The molecule has 4 nitrogen and oxygen atoms in total. The van der Waals surface area contributed by atoms with E-state index in [9.17, 15) is 5.11 Å². The molecule has 0 aromatic heterocycles. The molecule has 0 saturated carbocycles. The Morgan fingerprint density at radius 1 is 1.37 bits per heavy atom. The smallest absolute Gasteiger partial charge is 0.142 e. The lowest BCUT2D eigenvalue weighted by atomic mass is 10.1. The standard InChI is InChI=1S/C14H21ClN2O2/c1-14(2,3)16-8-13(18)9-17-19-10-11-4-6-12(15)7-5-11/h4-7,9,13,16,18H,8,10H2,1-3H3/b17-9+. The average molecular weight is 285 g/mol. The highest BCUT2D eigenvalue weighted by atomic mass is 35.5. The van der Waals surface area contributed by atoms with E-state index in [0.717, 1.165) is 5.56 Å². The SMILES string of the molecule is CC(C)(C)NCC(O)/C=N/OCc1ccc(Cl)cc1. The van der Waals surface area contributed by atoms with Crippen molar-refractivity contribution in [2.45, 2.75) is 39.0 Å². The van der Waals surface area contributed by atoms with Crippen molar-refractivity contribution in [2.75, 3.05) is 6.54 Å². The first-order valence-corrected chi connectivity index (χ1v) is 6.57. The molecule has 1 unspecified atom stereocenters. The summed E-state index contributed by atoms with van der Waals surface area (Å²) >= 11 is 5.78. The van der Waals surface area contributed by atoms with Gasteiger partial charge in [-0.05, 0) is 38.5 Å². The minimum absolute atomic E-state index is 0.0288. The van der Waals surface area contributed by atoms with Gasteiger partial charge in [-0.1, -0.05) is 28.9 Å². The van der Waals surface area contributed by atoms with Crippen molar-refractivity contribution in [1.29, 1.82) is 0 Å². The molecule has 0 aliphatic rings. The first-order chi connectivity index (χ1) is 8.87. The van der Waals surface area contributed by atoms with Crippen molar-refractivity contribution in [1.82, 2.24) is 5.32 Å². The van der Waals surface area contributed by atoms with E-state index in [0.29, 0.717) is 18.2 Å². The summed E-state index contributed by atoms with van der Waals surface area (Å²) in [6, 6.07) is 7.34. The third-order valence-electron chi connectivity index (χ3n) is 2.29. The van der Waals surface area contributed by atoms with Crippen LogP contribution in [-0.2, 0) is 11.4 Å². The fraction of sp³-hybridized carbons (Fsp3) is 0.500. The summed E-state index contributed by atoms with van der Waals surface area (Å²) < 4.78 is 0. The zero-order valence-corrected chi connectivity index (χ0v) is 12.3. The van der Waals surface area contributed by atoms with Crippen molar-refractivity contribution in [3.8, 4) is 0 Å². The second-order valence-corrected chi connectivity index (χ2v) is 5.79. The summed E-state index contributed by atoms with van der Waals surface area (Å²) in [4.78, 5) is 5.10. The van der Waals surface area contributed by atoms with E-state index in [1.165, 1.54) is 6.21 Å². The number of nitrogens with zero attached hydrogens (tertiary/aromatic N) is 1. The van der Waals surface area contributed by atoms with E-state index in [4.69, 9.17) is 16.4 Å². The number of oxime groups is 1. The number of nitrogens with one attached hydrogen (secondary N) is 1. The van der Waals surface area contributed by atoms with Crippen LogP contribution in [-0.4, -0.2) is 29.5 Å². The van der Waals surface area contributed by atoms with E-state index < -0.39 is 6.10 Å². The van der Waals surface area contributed by atoms with Crippen LogP contribution in [0.5, 0.6) is 0 Å². The van der Waals surface area contributed by atoms with E-state index >= 15 is 0 Å². The zero-order chi connectivity index (χ0) is 14.3. The van der Waals surface area contributed by atoms with Crippen LogP contribution in [0.25, 0.3) is 0 Å². The fourth-order valence-electron chi connectivity index (χ4n) is 1.27. The maximum Gasteiger partial charge on any atom is 0.142 e. The van der Waals surface area contributed by atoms with Gasteiger partial charge in [-0.15, -0.1) is 0 Å². The number of rotatable bonds is 6. The lowest BCUT2D eigenvalue weighted by Crippen LogP contribution is -2.41. The highest BCUT2D eigenvalue weighted by Gasteiger charge is 2.10. The number of aliphatic hydroxyl groups excluding tert-OH is 1. The van der Waals surface area contributed by atoms with Gasteiger partial charge in [0.1, 0.15) is 12.7 Å². The van der Waals surface area contributed by atoms with Gasteiger partial charge in [-0.3, -0.25) is 0 Å². The number of aliphatic hydroxyl groups is 1. The van der Waals surface area contributed by atoms with Gasteiger partial charge in [0.25, 0.3) is 0 Å². The van der Waals surface area contributed by atoms with Crippen LogP contribution < -0.4 is 5.32 Å². The maximum atomic E-state index is 9.64. The Balaban J connectivity index is 2.24. The van der Waals surface area contributed by atoms with Crippen LogP contribution in [0.1, 0.15) is 26.3 Å². The van der Waals surface area contributed by atoms with Gasteiger partial charge in [0.15, 0.2) is 0 Å². The second-order valence-electron chi connectivity index (χ2n) is 5.35. The minimum Gasteiger partial charge on any atom is -0.391 e. The van der Waals surface area contributed by atoms with Gasteiger partial charge in [0, 0.05) is 17.1 Å². The number of halogens is 1. The molecule has 0 heterocycles. The fourth-order valence-corrected chi connectivity index (χ4v) is 1.40. The molecule has 0 spiro atoms. The van der Waals surface area contributed by atoms with Crippen LogP contribution >= 0.6 is 11.6 Å². The lowest BCUT2D eigenvalue weighted by Gasteiger charge is -2.21. The molecular weight excluding hydrogens is 264 g/mol. The molecule has 1 rings (SSSR count). The van der Waals surface area contributed by atoms with Crippen molar-refractivity contribution in [2.24, 2.45) is 5.16 Å². The van der Waals surface area contributed by atoms with Crippen molar-refractivity contribution in [3.63, 3.8) is 0 Å². The Hall–Kier alpha value is -1.10. The summed E-state index contributed by atoms with van der Waals surface area (Å²) in [5, 5.41) is 17.2. The molecule has 0 amide bonds. The summed E-state index contributed by atoms with van der Waals surface area (Å²) in [6.45, 7) is 6.90. The molecule has 0 saturated heterocycles. The summed E-state index contributed by atoms with van der Waals surface area (Å²) in [5.41, 5.74) is 0.947. The Kier molecular flexibility index (Phi) is 6.28. The third kappa shape index (κ3) is 7.82. The number of benzene rings is 1. The molecule has 5 heteroatoms. The lowest BCUT2D eigenvalue weighted by molar-refractivity contribution is 0.126. The van der Waals surface area contributed by atoms with Crippen molar-refractivity contribution >= 4 is 17.8 Å². The van der Waals surface area contributed by atoms with Gasteiger partial charge in [-0.2, -0.15) is 0 Å². The molecule has 0 radical (unpaired) electrons. The third-order valence-corrected chi connectivity index (χ3v) is 2.55. The predicted molar refractivity (Wildman–Crippen MR) is 78.5 cm³/mol. The van der Waals surface area contributed by atoms with Crippen LogP contribution in [0.15, 0.2) is 29.4 Å². The molecule has 1 aromatic rings. The van der Waals surface area contributed by atoms with E-state index in [1.807, 2.05) is 32.9 Å². The first kappa shape index (κ1) is 16.0. The summed E-state index contributed by atoms with van der Waals surface area (Å²) in [7, 11) is 0. The highest BCUT2D eigenvalue weighted by Crippen LogP contribution is 2.10. The Bertz CT molecular complexity index is 399. The van der Waals surface area contributed by atoms with Gasteiger partial charge < -0.3 is 15.3 Å². The van der Waals surface area contributed by atoms with E-state index in [2.05, 4.69) is 10.5 Å². The quantitative estimate of drug-likeness (QED) is 0.624. The van der Waals surface area contributed by atoms with Crippen LogP contribution in [0.2, 0.25) is 5.02 Å². The molecule has 0 aliphatic carbocycles. The molecule has 19 heavy (non-hydrogen) atoms. The molecule has 2 N–H and O–H groups in total. The van der Waals surface area contributed by atoms with Gasteiger partial charge >= 0.3 is 0 Å². The normalized spacial score (nSPS) is 13.7. The predicted octanol–water partition coefficient (Wildman–Crippen LogP) is 2.59. The van der Waals surface area contributed by atoms with Crippen molar-refractivity contribution in [3.05, 3.63) is 34.9 Å². The van der Waals surface area contributed by atoms with Gasteiger partial charge in [0.05, 0.1) is 6.21 Å². The molecule has 106 valence electrons. The first-order valence-electron chi connectivity index (χ1n) is 6.20. The second kappa shape index (κ2) is 7.48. The summed E-state index contributed by atoms with van der Waals surface area (Å²) in [5.74, 6) is 0. The van der Waals surface area contributed by atoms with Crippen molar-refractivity contribution < 1.29 is 9.94 Å². The largest absolute Gasteiger partial charge is 0.391 e. The Morgan fingerprint density at radius 3 is 2.58 bits per heavy atom. The molecule has 1 aromatic carbocycles. The maximum absolute atomic E-state index is 9.64. The number of β-amino-alcohol motifs (C(OH)–C–C–N with tert-alkyl or cyclic N) is 1. The highest BCUT2D eigenvalue weighted by molar-refractivity contribution is 6.30. The molecular formula is C14H21ClN2O2. The topological polar surface area (TPSA) is 53.8 Å². The monoisotopic (exact) mass is 284 g/mol. The summed E-state index contributed by atoms with van der Waals surface area (Å²) in [6.07, 6.45) is 0.721. The number of hydrogen-bond donors (Lipinski definition) is 2. The van der Waals surface area contributed by atoms with E-state index in [1.54, 1.807) is 12.1 Å². The minimum atomic E-state index is -0.663. The molecule has 1 atom stereocenters. The van der Waals surface area contributed by atoms with Gasteiger partial charge in [-0.25, -0.2) is 0 Å². The van der Waals surface area contributed by atoms with Gasteiger partial charge in [0.2, 0.25) is 0 Å². The Labute approximate surface area is 119 Å². The zero-order valence-electron chi connectivity index (χ0n) is 11.6. The molecule has 0 bridgehead atoms. The van der Waals surface area contributed by atoms with E-state index in [-0.39, 0.29) is 5.54 Å². The van der Waals surface area contributed by atoms with Crippen LogP contribution in [0, 0.1) is 0 Å². The van der Waals surface area contributed by atoms with Crippen LogP contribution in [0.3, 0.4) is 0 Å². The van der Waals surface area contributed by atoms with Crippen LogP contribution in [0.4, 0.5) is 0 Å². The molecule has 0 aliphatic heterocycles. The Morgan fingerprint density at radius 2 is 2.00 bits per heavy atom.